The van der Waals surface area contributed by atoms with Gasteiger partial charge in [0.05, 0.1) is 16.7 Å². The maximum atomic E-state index is 12.1. The molecule has 0 saturated heterocycles. The third-order valence-corrected chi connectivity index (χ3v) is 3.61. The Morgan fingerprint density at radius 3 is 2.43 bits per heavy atom. The van der Waals surface area contributed by atoms with E-state index in [9.17, 15) is 4.79 Å². The lowest BCUT2D eigenvalue weighted by Crippen LogP contribution is -2.11. The van der Waals surface area contributed by atoms with Crippen LogP contribution in [0.15, 0.2) is 42.5 Å². The van der Waals surface area contributed by atoms with E-state index in [4.69, 9.17) is 27.9 Å². The SMILES string of the molecule is CCOCc1ccc(NC(=O)c2ccc(Cl)c(Cl)c2)cc1. The fraction of sp³-hybridized carbons (Fsp3) is 0.188. The summed E-state index contributed by atoms with van der Waals surface area (Å²) < 4.78 is 5.32. The minimum atomic E-state index is -0.230. The first-order valence-corrected chi connectivity index (χ1v) is 7.29. The lowest BCUT2D eigenvalue weighted by Gasteiger charge is -2.07. The van der Waals surface area contributed by atoms with Crippen LogP contribution < -0.4 is 5.32 Å². The minimum Gasteiger partial charge on any atom is -0.377 e. The second-order valence-corrected chi connectivity index (χ2v) is 5.23. The second kappa shape index (κ2) is 7.46. The van der Waals surface area contributed by atoms with Crippen LogP contribution in [0.3, 0.4) is 0 Å². The molecule has 110 valence electrons. The molecule has 0 fully saturated rings. The molecular weight excluding hydrogens is 309 g/mol. The Kier molecular flexibility index (Phi) is 5.62. The average Bonchev–Trinajstić information content (AvgIpc) is 2.49. The number of halogens is 2. The summed E-state index contributed by atoms with van der Waals surface area (Å²) in [6.07, 6.45) is 0. The molecule has 2 rings (SSSR count). The number of rotatable bonds is 5. The molecule has 5 heteroatoms. The normalized spacial score (nSPS) is 10.4. The van der Waals surface area contributed by atoms with E-state index in [1.54, 1.807) is 18.2 Å². The Morgan fingerprint density at radius 2 is 1.81 bits per heavy atom. The summed E-state index contributed by atoms with van der Waals surface area (Å²) in [5, 5.41) is 3.59. The van der Waals surface area contributed by atoms with Gasteiger partial charge in [0.1, 0.15) is 0 Å². The molecule has 0 heterocycles. The highest BCUT2D eigenvalue weighted by Gasteiger charge is 2.08. The number of hydrogen-bond acceptors (Lipinski definition) is 2. The molecule has 2 aromatic rings. The largest absolute Gasteiger partial charge is 0.377 e. The molecule has 0 unspecified atom stereocenters. The van der Waals surface area contributed by atoms with Crippen molar-refractivity contribution in [2.24, 2.45) is 0 Å². The zero-order valence-electron chi connectivity index (χ0n) is 11.5. The van der Waals surface area contributed by atoms with Crippen LogP contribution in [-0.2, 0) is 11.3 Å². The van der Waals surface area contributed by atoms with Gasteiger partial charge >= 0.3 is 0 Å². The molecule has 0 aliphatic heterocycles. The van der Waals surface area contributed by atoms with E-state index in [1.807, 2.05) is 31.2 Å². The van der Waals surface area contributed by atoms with Crippen LogP contribution in [0.2, 0.25) is 10.0 Å². The predicted octanol–water partition coefficient (Wildman–Crippen LogP) is 4.78. The Balaban J connectivity index is 2.03. The topological polar surface area (TPSA) is 38.3 Å². The molecule has 0 aliphatic rings. The first-order chi connectivity index (χ1) is 10.1. The van der Waals surface area contributed by atoms with Gasteiger partial charge in [-0.15, -0.1) is 0 Å². The first kappa shape index (κ1) is 15.8. The van der Waals surface area contributed by atoms with E-state index >= 15 is 0 Å². The van der Waals surface area contributed by atoms with Gasteiger partial charge in [-0.3, -0.25) is 4.79 Å². The smallest absolute Gasteiger partial charge is 0.255 e. The zero-order chi connectivity index (χ0) is 15.2. The number of nitrogens with one attached hydrogen (secondary N) is 1. The maximum Gasteiger partial charge on any atom is 0.255 e. The third kappa shape index (κ3) is 4.46. The number of anilines is 1. The van der Waals surface area contributed by atoms with Crippen molar-refractivity contribution in [1.82, 2.24) is 0 Å². The summed E-state index contributed by atoms with van der Waals surface area (Å²) in [6, 6.07) is 12.3. The van der Waals surface area contributed by atoms with Crippen LogP contribution in [0.1, 0.15) is 22.8 Å². The van der Waals surface area contributed by atoms with E-state index in [2.05, 4.69) is 5.32 Å². The van der Waals surface area contributed by atoms with E-state index in [0.29, 0.717) is 34.5 Å². The van der Waals surface area contributed by atoms with Crippen molar-refractivity contribution in [2.45, 2.75) is 13.5 Å². The van der Waals surface area contributed by atoms with Crippen molar-refractivity contribution < 1.29 is 9.53 Å². The standard InChI is InChI=1S/C16H15Cl2NO2/c1-2-21-10-11-3-6-13(7-4-11)19-16(20)12-5-8-14(17)15(18)9-12/h3-9H,2,10H2,1H3,(H,19,20). The van der Waals surface area contributed by atoms with Crippen LogP contribution in [0, 0.1) is 0 Å². The molecule has 21 heavy (non-hydrogen) atoms. The Labute approximate surface area is 133 Å². The van der Waals surface area contributed by atoms with Gasteiger partial charge in [-0.2, -0.15) is 0 Å². The summed E-state index contributed by atoms with van der Waals surface area (Å²) >= 11 is 11.7. The van der Waals surface area contributed by atoms with Gasteiger partial charge < -0.3 is 10.1 Å². The van der Waals surface area contributed by atoms with Gasteiger partial charge in [-0.1, -0.05) is 35.3 Å². The van der Waals surface area contributed by atoms with Crippen molar-refractivity contribution in [3.05, 3.63) is 63.6 Å². The van der Waals surface area contributed by atoms with Crippen molar-refractivity contribution >= 4 is 34.8 Å². The van der Waals surface area contributed by atoms with Gasteiger partial charge in [0.25, 0.3) is 5.91 Å². The van der Waals surface area contributed by atoms with Crippen LogP contribution >= 0.6 is 23.2 Å². The van der Waals surface area contributed by atoms with Crippen LogP contribution in [0.5, 0.6) is 0 Å². The summed E-state index contributed by atoms with van der Waals surface area (Å²) in [5.41, 5.74) is 2.23. The molecule has 0 atom stereocenters. The number of hydrogen-bond donors (Lipinski definition) is 1. The fourth-order valence-electron chi connectivity index (χ4n) is 1.74. The Bertz CT molecular complexity index is 627. The molecule has 0 spiro atoms. The third-order valence-electron chi connectivity index (χ3n) is 2.87. The predicted molar refractivity (Wildman–Crippen MR) is 86.2 cm³/mol. The molecule has 2 aromatic carbocycles. The van der Waals surface area contributed by atoms with Gasteiger partial charge in [-0.05, 0) is 42.8 Å². The van der Waals surface area contributed by atoms with Crippen molar-refractivity contribution in [2.75, 3.05) is 11.9 Å². The molecule has 0 aliphatic carbocycles. The van der Waals surface area contributed by atoms with E-state index in [0.717, 1.165) is 5.56 Å². The quantitative estimate of drug-likeness (QED) is 0.859. The maximum absolute atomic E-state index is 12.1. The average molecular weight is 324 g/mol. The van der Waals surface area contributed by atoms with Gasteiger partial charge in [0, 0.05) is 17.9 Å². The monoisotopic (exact) mass is 323 g/mol. The lowest BCUT2D eigenvalue weighted by atomic mass is 10.2. The zero-order valence-corrected chi connectivity index (χ0v) is 13.0. The van der Waals surface area contributed by atoms with Gasteiger partial charge in [0.15, 0.2) is 0 Å². The molecular formula is C16H15Cl2NO2. The van der Waals surface area contributed by atoms with Crippen molar-refractivity contribution in [3.63, 3.8) is 0 Å². The van der Waals surface area contributed by atoms with E-state index in [-0.39, 0.29) is 5.91 Å². The lowest BCUT2D eigenvalue weighted by molar-refractivity contribution is 0.102. The molecule has 0 saturated carbocycles. The summed E-state index contributed by atoms with van der Waals surface area (Å²) in [7, 11) is 0. The molecule has 3 nitrogen and oxygen atoms in total. The summed E-state index contributed by atoms with van der Waals surface area (Å²) in [6.45, 7) is 3.19. The minimum absolute atomic E-state index is 0.230. The number of carbonyl (C=O) groups is 1. The molecule has 0 aromatic heterocycles. The highest BCUT2D eigenvalue weighted by atomic mass is 35.5. The van der Waals surface area contributed by atoms with E-state index < -0.39 is 0 Å². The molecule has 1 N–H and O–H groups in total. The highest BCUT2D eigenvalue weighted by Crippen LogP contribution is 2.23. The number of amides is 1. The molecule has 1 amide bonds. The second-order valence-electron chi connectivity index (χ2n) is 4.42. The number of carbonyl (C=O) groups excluding carboxylic acids is 1. The number of benzene rings is 2. The first-order valence-electron chi connectivity index (χ1n) is 6.53. The van der Waals surface area contributed by atoms with Gasteiger partial charge in [0.2, 0.25) is 0 Å². The van der Waals surface area contributed by atoms with Gasteiger partial charge in [-0.25, -0.2) is 0 Å². The summed E-state index contributed by atoms with van der Waals surface area (Å²) in [5.74, 6) is -0.230. The fourth-order valence-corrected chi connectivity index (χ4v) is 2.04. The highest BCUT2D eigenvalue weighted by molar-refractivity contribution is 6.42. The number of ether oxygens (including phenoxy) is 1. The van der Waals surface area contributed by atoms with Crippen LogP contribution in [-0.4, -0.2) is 12.5 Å². The van der Waals surface area contributed by atoms with E-state index in [1.165, 1.54) is 0 Å². The van der Waals surface area contributed by atoms with Crippen LogP contribution in [0.25, 0.3) is 0 Å². The summed E-state index contributed by atoms with van der Waals surface area (Å²) in [4.78, 5) is 12.1. The molecule has 0 bridgehead atoms. The van der Waals surface area contributed by atoms with Crippen molar-refractivity contribution in [3.8, 4) is 0 Å². The molecule has 0 radical (unpaired) electrons. The van der Waals surface area contributed by atoms with Crippen molar-refractivity contribution in [1.29, 1.82) is 0 Å². The Morgan fingerprint density at radius 1 is 1.10 bits per heavy atom. The Hall–Kier alpha value is -1.55. The van der Waals surface area contributed by atoms with Crippen LogP contribution in [0.4, 0.5) is 5.69 Å².